The molecule has 2 unspecified atom stereocenters. The van der Waals surface area contributed by atoms with Gasteiger partial charge in [0.2, 0.25) is 5.91 Å². The van der Waals surface area contributed by atoms with Gasteiger partial charge in [0.25, 0.3) is 0 Å². The van der Waals surface area contributed by atoms with Crippen molar-refractivity contribution in [3.63, 3.8) is 0 Å². The number of nitrogens with one attached hydrogen (secondary N) is 1. The number of rotatable bonds is 4. The number of carbonyl (C=O) groups is 2. The van der Waals surface area contributed by atoms with Gasteiger partial charge in [-0.3, -0.25) is 4.79 Å². The zero-order valence-corrected chi connectivity index (χ0v) is 20.2. The average Bonchev–Trinajstić information content (AvgIpc) is 2.94. The van der Waals surface area contributed by atoms with Crippen LogP contribution in [0.1, 0.15) is 17.9 Å². The van der Waals surface area contributed by atoms with E-state index in [9.17, 15) is 14.0 Å². The topological polar surface area (TPSA) is 55.9 Å². The predicted molar refractivity (Wildman–Crippen MR) is 140 cm³/mol. The minimum atomic E-state index is -0.287. The second kappa shape index (κ2) is 10.8. The number of anilines is 2. The Balaban J connectivity index is 1.28. The van der Waals surface area contributed by atoms with E-state index in [1.807, 2.05) is 64.4 Å². The number of hydrogen-bond donors (Lipinski definition) is 1. The molecule has 2 fully saturated rings. The number of piperidine rings is 1. The lowest BCUT2D eigenvalue weighted by molar-refractivity contribution is -0.137. The first-order valence-corrected chi connectivity index (χ1v) is 12.5. The van der Waals surface area contributed by atoms with Crippen molar-refractivity contribution in [3.8, 4) is 0 Å². The van der Waals surface area contributed by atoms with Gasteiger partial charge < -0.3 is 20.0 Å². The summed E-state index contributed by atoms with van der Waals surface area (Å²) < 4.78 is 14.2. The van der Waals surface area contributed by atoms with Gasteiger partial charge in [0, 0.05) is 50.9 Å². The van der Waals surface area contributed by atoms with Crippen LogP contribution < -0.4 is 10.2 Å². The molecule has 7 heteroatoms. The zero-order valence-electron chi connectivity index (χ0n) is 20.2. The molecule has 186 valence electrons. The second-order valence-corrected chi connectivity index (χ2v) is 9.51. The SMILES string of the molecule is O=C(Nc1ccccc1)N1CC(C(=O)N2CCN(c3ccccc3F)CC2)CC(c2ccccc2)C1. The fourth-order valence-corrected chi connectivity index (χ4v) is 5.27. The van der Waals surface area contributed by atoms with Crippen molar-refractivity contribution in [2.45, 2.75) is 12.3 Å². The van der Waals surface area contributed by atoms with E-state index in [0.29, 0.717) is 51.4 Å². The second-order valence-electron chi connectivity index (χ2n) is 9.51. The maximum absolute atomic E-state index is 14.2. The maximum Gasteiger partial charge on any atom is 0.321 e. The van der Waals surface area contributed by atoms with Gasteiger partial charge in [-0.15, -0.1) is 0 Å². The number of carbonyl (C=O) groups excluding carboxylic acids is 2. The molecular formula is C29H31FN4O2. The van der Waals surface area contributed by atoms with Crippen molar-refractivity contribution in [3.05, 3.63) is 96.3 Å². The molecule has 6 nitrogen and oxygen atoms in total. The quantitative estimate of drug-likeness (QED) is 0.576. The van der Waals surface area contributed by atoms with E-state index in [-0.39, 0.29) is 29.6 Å². The summed E-state index contributed by atoms with van der Waals surface area (Å²) in [5.74, 6) is -0.378. The molecule has 1 N–H and O–H groups in total. The van der Waals surface area contributed by atoms with Gasteiger partial charge in [0.15, 0.2) is 0 Å². The van der Waals surface area contributed by atoms with Gasteiger partial charge in [0.1, 0.15) is 5.82 Å². The molecule has 0 saturated carbocycles. The van der Waals surface area contributed by atoms with Crippen LogP contribution >= 0.6 is 0 Å². The molecule has 3 amide bonds. The molecule has 0 radical (unpaired) electrons. The maximum atomic E-state index is 14.2. The molecule has 2 aliphatic heterocycles. The fraction of sp³-hybridized carbons (Fsp3) is 0.310. The van der Waals surface area contributed by atoms with Crippen molar-refractivity contribution in [1.82, 2.24) is 9.80 Å². The van der Waals surface area contributed by atoms with Crippen molar-refractivity contribution in [2.75, 3.05) is 49.5 Å². The lowest BCUT2D eigenvalue weighted by Gasteiger charge is -2.41. The fourth-order valence-electron chi connectivity index (χ4n) is 5.27. The van der Waals surface area contributed by atoms with Gasteiger partial charge in [-0.2, -0.15) is 0 Å². The molecule has 36 heavy (non-hydrogen) atoms. The summed E-state index contributed by atoms with van der Waals surface area (Å²) >= 11 is 0. The number of benzene rings is 3. The van der Waals surface area contributed by atoms with E-state index < -0.39 is 0 Å². The number of likely N-dealkylation sites (tertiary alicyclic amines) is 1. The number of hydrogen-bond acceptors (Lipinski definition) is 3. The van der Waals surface area contributed by atoms with Gasteiger partial charge in [-0.1, -0.05) is 60.7 Å². The van der Waals surface area contributed by atoms with E-state index in [0.717, 1.165) is 11.3 Å². The summed E-state index contributed by atoms with van der Waals surface area (Å²) in [5.41, 5.74) is 2.45. The molecule has 3 aromatic carbocycles. The third kappa shape index (κ3) is 5.35. The Morgan fingerprint density at radius 2 is 1.39 bits per heavy atom. The minimum absolute atomic E-state index is 0.0707. The predicted octanol–water partition coefficient (Wildman–Crippen LogP) is 4.81. The van der Waals surface area contributed by atoms with Crippen molar-refractivity contribution >= 4 is 23.3 Å². The number of para-hydroxylation sites is 2. The molecule has 2 saturated heterocycles. The highest BCUT2D eigenvalue weighted by Gasteiger charge is 2.37. The molecule has 2 aliphatic rings. The summed E-state index contributed by atoms with van der Waals surface area (Å²) in [4.78, 5) is 32.5. The van der Waals surface area contributed by atoms with Crippen LogP contribution in [0, 0.1) is 11.7 Å². The zero-order chi connectivity index (χ0) is 24.9. The van der Waals surface area contributed by atoms with E-state index in [1.54, 1.807) is 17.0 Å². The molecule has 0 aliphatic carbocycles. The Kier molecular flexibility index (Phi) is 7.16. The number of halogens is 1. The highest BCUT2D eigenvalue weighted by atomic mass is 19.1. The molecule has 0 spiro atoms. The normalized spacial score (nSPS) is 20.2. The highest BCUT2D eigenvalue weighted by Crippen LogP contribution is 2.32. The van der Waals surface area contributed by atoms with E-state index in [1.165, 1.54) is 6.07 Å². The van der Waals surface area contributed by atoms with Gasteiger partial charge in [-0.25, -0.2) is 9.18 Å². The Labute approximate surface area is 211 Å². The van der Waals surface area contributed by atoms with Crippen LogP contribution in [0.5, 0.6) is 0 Å². The van der Waals surface area contributed by atoms with Crippen LogP contribution in [-0.2, 0) is 4.79 Å². The van der Waals surface area contributed by atoms with Gasteiger partial charge in [-0.05, 0) is 36.2 Å². The third-order valence-electron chi connectivity index (χ3n) is 7.17. The van der Waals surface area contributed by atoms with Gasteiger partial charge >= 0.3 is 6.03 Å². The standard InChI is InChI=1S/C29H31FN4O2/c30-26-13-7-8-14-27(26)32-15-17-33(18-16-32)28(35)24-19-23(22-9-3-1-4-10-22)20-34(21-24)29(36)31-25-11-5-2-6-12-25/h1-14,23-24H,15-21H2,(H,31,36). The summed E-state index contributed by atoms with van der Waals surface area (Å²) in [6, 6.07) is 26.1. The van der Waals surface area contributed by atoms with Crippen molar-refractivity contribution in [2.24, 2.45) is 5.92 Å². The lowest BCUT2D eigenvalue weighted by atomic mass is 9.84. The third-order valence-corrected chi connectivity index (χ3v) is 7.17. The van der Waals surface area contributed by atoms with Crippen LogP contribution in [0.2, 0.25) is 0 Å². The monoisotopic (exact) mass is 486 g/mol. The summed E-state index contributed by atoms with van der Waals surface area (Å²) in [7, 11) is 0. The first-order chi connectivity index (χ1) is 17.6. The molecular weight excluding hydrogens is 455 g/mol. The Bertz CT molecular complexity index is 1180. The summed E-state index contributed by atoms with van der Waals surface area (Å²) in [6.45, 7) is 3.19. The minimum Gasteiger partial charge on any atom is -0.366 e. The Hall–Kier alpha value is -3.87. The number of nitrogens with zero attached hydrogens (tertiary/aromatic N) is 3. The number of piperazine rings is 1. The molecule has 0 aromatic heterocycles. The molecule has 0 bridgehead atoms. The van der Waals surface area contributed by atoms with Crippen molar-refractivity contribution < 1.29 is 14.0 Å². The van der Waals surface area contributed by atoms with Crippen LogP contribution in [0.3, 0.4) is 0 Å². The summed E-state index contributed by atoms with van der Waals surface area (Å²) in [6.07, 6.45) is 0.700. The number of urea groups is 1. The largest absolute Gasteiger partial charge is 0.366 e. The smallest absolute Gasteiger partial charge is 0.321 e. The Morgan fingerprint density at radius 3 is 2.08 bits per heavy atom. The van der Waals surface area contributed by atoms with Crippen LogP contribution in [-0.4, -0.2) is 61.0 Å². The first-order valence-electron chi connectivity index (χ1n) is 12.5. The first kappa shape index (κ1) is 23.9. The van der Waals surface area contributed by atoms with E-state index >= 15 is 0 Å². The number of amides is 3. The Morgan fingerprint density at radius 1 is 0.750 bits per heavy atom. The lowest BCUT2D eigenvalue weighted by Crippen LogP contribution is -2.54. The van der Waals surface area contributed by atoms with E-state index in [4.69, 9.17) is 0 Å². The van der Waals surface area contributed by atoms with Crippen molar-refractivity contribution in [1.29, 1.82) is 0 Å². The summed E-state index contributed by atoms with van der Waals surface area (Å²) in [5, 5.41) is 2.97. The van der Waals surface area contributed by atoms with Gasteiger partial charge in [0.05, 0.1) is 11.6 Å². The molecule has 2 atom stereocenters. The molecule has 2 heterocycles. The van der Waals surface area contributed by atoms with Crippen LogP contribution in [0.4, 0.5) is 20.6 Å². The van der Waals surface area contributed by atoms with Crippen LogP contribution in [0.25, 0.3) is 0 Å². The highest BCUT2D eigenvalue weighted by molar-refractivity contribution is 5.90. The average molecular weight is 487 g/mol. The molecule has 5 rings (SSSR count). The van der Waals surface area contributed by atoms with E-state index in [2.05, 4.69) is 17.4 Å². The van der Waals surface area contributed by atoms with Crippen LogP contribution in [0.15, 0.2) is 84.9 Å². The molecule has 3 aromatic rings.